The molecule has 0 radical (unpaired) electrons. The molecule has 0 spiro atoms. The Morgan fingerprint density at radius 1 is 1.50 bits per heavy atom. The number of likely N-dealkylation sites (N-methyl/N-ethyl adjacent to an activating group) is 1. The second kappa shape index (κ2) is 6.92. The first-order chi connectivity index (χ1) is 8.38. The molecular weight excluding hydrogens is 252 g/mol. The molecule has 0 saturated heterocycles. The largest absolute Gasteiger partial charge is 0.468 e. The summed E-state index contributed by atoms with van der Waals surface area (Å²) in [5.41, 5.74) is 0. The molecule has 1 rings (SSSR count). The van der Waals surface area contributed by atoms with Crippen LogP contribution in [0, 0.1) is 0 Å². The van der Waals surface area contributed by atoms with E-state index in [1.54, 1.807) is 6.26 Å². The molecule has 1 aromatic heterocycles. The maximum Gasteiger partial charge on any atom is 0.148 e. The first-order valence-corrected chi connectivity index (χ1v) is 8.05. The summed E-state index contributed by atoms with van der Waals surface area (Å²) in [7, 11) is -0.951. The van der Waals surface area contributed by atoms with Gasteiger partial charge in [0.15, 0.2) is 0 Å². The van der Waals surface area contributed by atoms with Crippen LogP contribution in [0.15, 0.2) is 22.8 Å². The van der Waals surface area contributed by atoms with E-state index in [0.717, 1.165) is 12.3 Å². The maximum absolute atomic E-state index is 11.1. The van der Waals surface area contributed by atoms with Gasteiger partial charge in [0.25, 0.3) is 0 Å². The highest BCUT2D eigenvalue weighted by molar-refractivity contribution is 7.90. The summed E-state index contributed by atoms with van der Waals surface area (Å²) < 4.78 is 27.4. The van der Waals surface area contributed by atoms with E-state index in [4.69, 9.17) is 4.42 Å². The Balaban J connectivity index is 2.21. The number of nitrogens with one attached hydrogen (secondary N) is 1. The van der Waals surface area contributed by atoms with E-state index in [0.29, 0.717) is 13.1 Å². The average molecular weight is 274 g/mol. The molecule has 0 aromatic carbocycles. The molecule has 0 saturated carbocycles. The molecule has 0 fully saturated rings. The van der Waals surface area contributed by atoms with Crippen molar-refractivity contribution in [3.8, 4) is 0 Å². The molecule has 1 heterocycles. The maximum atomic E-state index is 11.1. The first-order valence-electron chi connectivity index (χ1n) is 5.99. The molecule has 0 bridgehead atoms. The number of hydrogen-bond acceptors (Lipinski definition) is 5. The Kier molecular flexibility index (Phi) is 5.84. The average Bonchev–Trinajstić information content (AvgIpc) is 2.77. The van der Waals surface area contributed by atoms with Gasteiger partial charge in [0.1, 0.15) is 15.6 Å². The second-order valence-electron chi connectivity index (χ2n) is 4.67. The van der Waals surface area contributed by atoms with Gasteiger partial charge >= 0.3 is 0 Å². The summed E-state index contributed by atoms with van der Waals surface area (Å²) in [5.74, 6) is 1.10. The number of sulfone groups is 1. The van der Waals surface area contributed by atoms with Crippen LogP contribution in [-0.2, 0) is 16.4 Å². The van der Waals surface area contributed by atoms with Gasteiger partial charge in [-0.2, -0.15) is 0 Å². The van der Waals surface area contributed by atoms with Crippen LogP contribution in [0.3, 0.4) is 0 Å². The molecule has 6 heteroatoms. The summed E-state index contributed by atoms with van der Waals surface area (Å²) in [6, 6.07) is 4.06. The van der Waals surface area contributed by atoms with Crippen molar-refractivity contribution in [1.29, 1.82) is 0 Å². The van der Waals surface area contributed by atoms with E-state index >= 15 is 0 Å². The van der Waals surface area contributed by atoms with Crippen LogP contribution in [-0.4, -0.2) is 51.5 Å². The summed E-state index contributed by atoms with van der Waals surface area (Å²) in [6.07, 6.45) is 2.92. The number of furan rings is 1. The molecule has 5 nitrogen and oxygen atoms in total. The van der Waals surface area contributed by atoms with E-state index in [2.05, 4.69) is 12.2 Å². The van der Waals surface area contributed by atoms with Crippen molar-refractivity contribution in [2.24, 2.45) is 0 Å². The Bertz CT molecular complexity index is 428. The topological polar surface area (TPSA) is 62.6 Å². The van der Waals surface area contributed by atoms with Crippen LogP contribution < -0.4 is 5.32 Å². The van der Waals surface area contributed by atoms with E-state index < -0.39 is 9.84 Å². The van der Waals surface area contributed by atoms with E-state index in [-0.39, 0.29) is 11.8 Å². The summed E-state index contributed by atoms with van der Waals surface area (Å²) in [6.45, 7) is 4.11. The molecule has 0 aliphatic heterocycles. The first kappa shape index (κ1) is 15.2. The molecule has 0 amide bonds. The van der Waals surface area contributed by atoms with Crippen LogP contribution >= 0.6 is 0 Å². The van der Waals surface area contributed by atoms with Gasteiger partial charge in [-0.3, -0.25) is 0 Å². The third kappa shape index (κ3) is 6.18. The minimum atomic E-state index is -2.89. The molecule has 1 N–H and O–H groups in total. The zero-order valence-corrected chi connectivity index (χ0v) is 12.0. The Morgan fingerprint density at radius 3 is 2.78 bits per heavy atom. The van der Waals surface area contributed by atoms with Crippen LogP contribution in [0.4, 0.5) is 0 Å². The smallest absolute Gasteiger partial charge is 0.148 e. The van der Waals surface area contributed by atoms with Crippen LogP contribution in [0.2, 0.25) is 0 Å². The van der Waals surface area contributed by atoms with E-state index in [1.165, 1.54) is 6.26 Å². The number of hydrogen-bond donors (Lipinski definition) is 1. The predicted molar refractivity (Wildman–Crippen MR) is 72.2 cm³/mol. The SMILES string of the molecule is CC(CNCc1ccco1)N(C)CCS(C)(=O)=O. The van der Waals surface area contributed by atoms with Gasteiger partial charge < -0.3 is 14.6 Å². The van der Waals surface area contributed by atoms with Crippen molar-refractivity contribution < 1.29 is 12.8 Å². The molecule has 104 valence electrons. The number of nitrogens with zero attached hydrogens (tertiary/aromatic N) is 1. The van der Waals surface area contributed by atoms with Crippen LogP contribution in [0.1, 0.15) is 12.7 Å². The number of rotatable bonds is 8. The third-order valence-electron chi connectivity index (χ3n) is 2.89. The summed E-state index contributed by atoms with van der Waals surface area (Å²) in [5, 5.41) is 3.28. The van der Waals surface area contributed by atoms with Crippen molar-refractivity contribution in [2.75, 3.05) is 32.1 Å². The molecule has 1 atom stereocenters. The van der Waals surface area contributed by atoms with Gasteiger partial charge in [0.2, 0.25) is 0 Å². The van der Waals surface area contributed by atoms with Crippen molar-refractivity contribution >= 4 is 9.84 Å². The summed E-state index contributed by atoms with van der Waals surface area (Å²) >= 11 is 0. The zero-order chi connectivity index (χ0) is 13.6. The molecule has 1 aromatic rings. The van der Waals surface area contributed by atoms with Crippen molar-refractivity contribution in [3.05, 3.63) is 24.2 Å². The highest BCUT2D eigenvalue weighted by Crippen LogP contribution is 2.00. The van der Waals surface area contributed by atoms with Gasteiger partial charge in [0.05, 0.1) is 18.6 Å². The fraction of sp³-hybridized carbons (Fsp3) is 0.667. The second-order valence-corrected chi connectivity index (χ2v) is 6.93. The fourth-order valence-corrected chi connectivity index (χ4v) is 2.12. The Labute approximate surface area is 109 Å². The van der Waals surface area contributed by atoms with Gasteiger partial charge in [-0.1, -0.05) is 0 Å². The zero-order valence-electron chi connectivity index (χ0n) is 11.2. The molecular formula is C12H22N2O3S. The van der Waals surface area contributed by atoms with Gasteiger partial charge in [-0.25, -0.2) is 8.42 Å². The molecule has 1 unspecified atom stereocenters. The highest BCUT2D eigenvalue weighted by Gasteiger charge is 2.11. The molecule has 0 aliphatic rings. The molecule has 0 aliphatic carbocycles. The standard InChI is InChI=1S/C12H22N2O3S/c1-11(14(2)6-8-18(3,15)16)9-13-10-12-5-4-7-17-12/h4-5,7,11,13H,6,8-10H2,1-3H3. The molecule has 18 heavy (non-hydrogen) atoms. The quantitative estimate of drug-likeness (QED) is 0.757. The lowest BCUT2D eigenvalue weighted by Gasteiger charge is -2.24. The monoisotopic (exact) mass is 274 g/mol. The van der Waals surface area contributed by atoms with E-state index in [9.17, 15) is 8.42 Å². The van der Waals surface area contributed by atoms with Crippen LogP contribution in [0.25, 0.3) is 0 Å². The van der Waals surface area contributed by atoms with Crippen molar-refractivity contribution in [1.82, 2.24) is 10.2 Å². The van der Waals surface area contributed by atoms with Gasteiger partial charge in [0, 0.05) is 25.4 Å². The Hall–Kier alpha value is -0.850. The van der Waals surface area contributed by atoms with Crippen molar-refractivity contribution in [3.63, 3.8) is 0 Å². The fourth-order valence-electron chi connectivity index (χ4n) is 1.50. The summed E-state index contributed by atoms with van der Waals surface area (Å²) in [4.78, 5) is 2.04. The lowest BCUT2D eigenvalue weighted by Crippen LogP contribution is -2.39. The van der Waals surface area contributed by atoms with E-state index in [1.807, 2.05) is 24.1 Å². The third-order valence-corrected chi connectivity index (χ3v) is 3.81. The van der Waals surface area contributed by atoms with Crippen LogP contribution in [0.5, 0.6) is 0 Å². The minimum absolute atomic E-state index is 0.200. The predicted octanol–water partition coefficient (Wildman–Crippen LogP) is 0.734. The minimum Gasteiger partial charge on any atom is -0.468 e. The highest BCUT2D eigenvalue weighted by atomic mass is 32.2. The van der Waals surface area contributed by atoms with Crippen molar-refractivity contribution in [2.45, 2.75) is 19.5 Å². The lowest BCUT2D eigenvalue weighted by atomic mass is 10.3. The normalized spacial score (nSPS) is 14.0. The van der Waals surface area contributed by atoms with Gasteiger partial charge in [-0.05, 0) is 26.1 Å². The Morgan fingerprint density at radius 2 is 2.22 bits per heavy atom. The lowest BCUT2D eigenvalue weighted by molar-refractivity contribution is 0.262. The van der Waals surface area contributed by atoms with Gasteiger partial charge in [-0.15, -0.1) is 0 Å².